The average molecular weight is 222 g/mol. The molecule has 15 heavy (non-hydrogen) atoms. The summed E-state index contributed by atoms with van der Waals surface area (Å²) in [7, 11) is 0. The smallest absolute Gasteiger partial charge is 0.348 e. The standard InChI is InChI=1S/C10H10N2O2S/c1-4-3-6-7(11)8(10(13)14)15-9(6)12-5(4)2/h3H,11H2,1-2H3,(H,13,14). The Balaban J connectivity index is 2.83. The second-order valence-electron chi connectivity index (χ2n) is 3.39. The van der Waals surface area contributed by atoms with E-state index >= 15 is 0 Å². The fourth-order valence-corrected chi connectivity index (χ4v) is 2.35. The maximum absolute atomic E-state index is 10.9. The molecule has 4 nitrogen and oxygen atoms in total. The van der Waals surface area contributed by atoms with Crippen LogP contribution in [-0.4, -0.2) is 16.1 Å². The van der Waals surface area contributed by atoms with Crippen molar-refractivity contribution < 1.29 is 9.90 Å². The van der Waals surface area contributed by atoms with E-state index in [1.807, 2.05) is 19.9 Å². The topological polar surface area (TPSA) is 76.2 Å². The van der Waals surface area contributed by atoms with Crippen molar-refractivity contribution in [1.29, 1.82) is 0 Å². The van der Waals surface area contributed by atoms with Gasteiger partial charge in [0.25, 0.3) is 0 Å². The Labute approximate surface area is 90.4 Å². The molecular weight excluding hydrogens is 212 g/mol. The molecule has 0 unspecified atom stereocenters. The number of aromatic nitrogens is 1. The molecule has 78 valence electrons. The molecule has 5 heteroatoms. The highest BCUT2D eigenvalue weighted by atomic mass is 32.1. The van der Waals surface area contributed by atoms with Crippen LogP contribution < -0.4 is 5.73 Å². The van der Waals surface area contributed by atoms with Gasteiger partial charge < -0.3 is 10.8 Å². The first-order valence-corrected chi connectivity index (χ1v) is 5.22. The van der Waals surface area contributed by atoms with Gasteiger partial charge in [0.1, 0.15) is 9.71 Å². The van der Waals surface area contributed by atoms with Gasteiger partial charge in [0.2, 0.25) is 0 Å². The first kappa shape index (κ1) is 9.92. The van der Waals surface area contributed by atoms with Crippen LogP contribution in [0.4, 0.5) is 5.69 Å². The molecule has 0 aliphatic heterocycles. The summed E-state index contributed by atoms with van der Waals surface area (Å²) >= 11 is 1.12. The highest BCUT2D eigenvalue weighted by Crippen LogP contribution is 2.33. The van der Waals surface area contributed by atoms with Crippen molar-refractivity contribution >= 4 is 33.2 Å². The molecule has 0 aromatic carbocycles. The molecule has 0 aliphatic rings. The number of nitrogens with zero attached hydrogens (tertiary/aromatic N) is 1. The molecule has 0 spiro atoms. The molecule has 2 aromatic heterocycles. The van der Waals surface area contributed by atoms with Gasteiger partial charge in [-0.05, 0) is 25.5 Å². The molecule has 0 radical (unpaired) electrons. The number of nitrogens with two attached hydrogens (primary N) is 1. The molecule has 0 bridgehead atoms. The first-order chi connectivity index (χ1) is 7.00. The zero-order valence-electron chi connectivity index (χ0n) is 8.37. The number of carbonyl (C=O) groups is 1. The number of carboxylic acids is 1. The van der Waals surface area contributed by atoms with Crippen molar-refractivity contribution in [2.75, 3.05) is 5.73 Å². The second-order valence-corrected chi connectivity index (χ2v) is 4.39. The Kier molecular flexibility index (Phi) is 2.12. The lowest BCUT2D eigenvalue weighted by atomic mass is 10.2. The minimum Gasteiger partial charge on any atom is -0.477 e. The zero-order chi connectivity index (χ0) is 11.2. The van der Waals surface area contributed by atoms with Crippen LogP contribution >= 0.6 is 11.3 Å². The fourth-order valence-electron chi connectivity index (χ4n) is 1.39. The summed E-state index contributed by atoms with van der Waals surface area (Å²) < 4.78 is 0. The molecule has 2 rings (SSSR count). The number of rotatable bonds is 1. The summed E-state index contributed by atoms with van der Waals surface area (Å²) in [5.74, 6) is -0.995. The van der Waals surface area contributed by atoms with Crippen LogP contribution in [0.25, 0.3) is 10.2 Å². The van der Waals surface area contributed by atoms with Crippen molar-refractivity contribution in [1.82, 2.24) is 4.98 Å². The van der Waals surface area contributed by atoms with Gasteiger partial charge in [-0.1, -0.05) is 0 Å². The number of carboxylic acid groups (broad SMARTS) is 1. The minimum atomic E-state index is -0.995. The van der Waals surface area contributed by atoms with Crippen molar-refractivity contribution in [3.8, 4) is 0 Å². The SMILES string of the molecule is Cc1cc2c(N)c(C(=O)O)sc2nc1C. The number of fused-ring (bicyclic) bond motifs is 1. The molecule has 0 saturated heterocycles. The third-order valence-electron chi connectivity index (χ3n) is 2.36. The molecule has 2 heterocycles. The fraction of sp³-hybridized carbons (Fsp3) is 0.200. The van der Waals surface area contributed by atoms with Gasteiger partial charge in [-0.25, -0.2) is 9.78 Å². The Hall–Kier alpha value is -1.62. The van der Waals surface area contributed by atoms with E-state index in [4.69, 9.17) is 10.8 Å². The molecular formula is C10H10N2O2S. The number of aryl methyl sites for hydroxylation is 2. The Bertz CT molecular complexity index is 560. The zero-order valence-corrected chi connectivity index (χ0v) is 9.18. The highest BCUT2D eigenvalue weighted by molar-refractivity contribution is 7.21. The number of aromatic carboxylic acids is 1. The average Bonchev–Trinajstić information content (AvgIpc) is 2.46. The van der Waals surface area contributed by atoms with Crippen LogP contribution in [0.3, 0.4) is 0 Å². The normalized spacial score (nSPS) is 10.8. The maximum Gasteiger partial charge on any atom is 0.348 e. The van der Waals surface area contributed by atoms with E-state index in [1.165, 1.54) is 0 Å². The lowest BCUT2D eigenvalue weighted by molar-refractivity contribution is 0.0703. The third-order valence-corrected chi connectivity index (χ3v) is 3.46. The molecule has 0 saturated carbocycles. The van der Waals surface area contributed by atoms with E-state index in [0.717, 1.165) is 28.0 Å². The Morgan fingerprint density at radius 1 is 1.53 bits per heavy atom. The van der Waals surface area contributed by atoms with Crippen LogP contribution in [0.15, 0.2) is 6.07 Å². The minimum absolute atomic E-state index is 0.169. The van der Waals surface area contributed by atoms with Gasteiger partial charge in [0.15, 0.2) is 0 Å². The van der Waals surface area contributed by atoms with Crippen LogP contribution in [0.1, 0.15) is 20.9 Å². The van der Waals surface area contributed by atoms with Crippen LogP contribution in [0, 0.1) is 13.8 Å². The molecule has 2 aromatic rings. The van der Waals surface area contributed by atoms with Crippen LogP contribution in [0.5, 0.6) is 0 Å². The summed E-state index contributed by atoms with van der Waals surface area (Å²) in [5.41, 5.74) is 7.99. The van der Waals surface area contributed by atoms with Gasteiger partial charge in [0, 0.05) is 11.1 Å². The summed E-state index contributed by atoms with van der Waals surface area (Å²) in [5, 5.41) is 9.64. The lowest BCUT2D eigenvalue weighted by Crippen LogP contribution is -1.97. The third kappa shape index (κ3) is 1.45. The van der Waals surface area contributed by atoms with Gasteiger partial charge >= 0.3 is 5.97 Å². The Morgan fingerprint density at radius 2 is 2.20 bits per heavy atom. The molecule has 3 N–H and O–H groups in total. The van der Waals surface area contributed by atoms with E-state index < -0.39 is 5.97 Å². The summed E-state index contributed by atoms with van der Waals surface area (Å²) in [6.07, 6.45) is 0. The number of anilines is 1. The van der Waals surface area contributed by atoms with Gasteiger partial charge in [0.05, 0.1) is 5.69 Å². The lowest BCUT2D eigenvalue weighted by Gasteiger charge is -1.98. The van der Waals surface area contributed by atoms with Gasteiger partial charge in [-0.15, -0.1) is 11.3 Å². The van der Waals surface area contributed by atoms with Crippen molar-refractivity contribution in [2.45, 2.75) is 13.8 Å². The van der Waals surface area contributed by atoms with E-state index in [-0.39, 0.29) is 4.88 Å². The number of hydrogen-bond acceptors (Lipinski definition) is 4. The van der Waals surface area contributed by atoms with Crippen LogP contribution in [0.2, 0.25) is 0 Å². The monoisotopic (exact) mass is 222 g/mol. The Morgan fingerprint density at radius 3 is 2.80 bits per heavy atom. The van der Waals surface area contributed by atoms with E-state index in [0.29, 0.717) is 10.5 Å². The van der Waals surface area contributed by atoms with Gasteiger partial charge in [-0.2, -0.15) is 0 Å². The largest absolute Gasteiger partial charge is 0.477 e. The summed E-state index contributed by atoms with van der Waals surface area (Å²) in [4.78, 5) is 16.0. The van der Waals surface area contributed by atoms with Gasteiger partial charge in [-0.3, -0.25) is 0 Å². The highest BCUT2D eigenvalue weighted by Gasteiger charge is 2.16. The quantitative estimate of drug-likeness (QED) is 0.775. The molecule has 0 amide bonds. The molecule has 0 aliphatic carbocycles. The van der Waals surface area contributed by atoms with E-state index in [9.17, 15) is 4.79 Å². The van der Waals surface area contributed by atoms with Crippen molar-refractivity contribution in [3.05, 3.63) is 22.2 Å². The number of hydrogen-bond donors (Lipinski definition) is 2. The number of thiophene rings is 1. The van der Waals surface area contributed by atoms with E-state index in [1.54, 1.807) is 0 Å². The van der Waals surface area contributed by atoms with Crippen molar-refractivity contribution in [3.63, 3.8) is 0 Å². The molecule has 0 fully saturated rings. The number of pyridine rings is 1. The molecule has 0 atom stereocenters. The predicted octanol–water partition coefficient (Wildman–Crippen LogP) is 2.19. The second kappa shape index (κ2) is 3.20. The summed E-state index contributed by atoms with van der Waals surface area (Å²) in [6, 6.07) is 1.88. The number of nitrogen functional groups attached to an aromatic ring is 1. The predicted molar refractivity (Wildman–Crippen MR) is 60.5 cm³/mol. The first-order valence-electron chi connectivity index (χ1n) is 4.40. The van der Waals surface area contributed by atoms with E-state index in [2.05, 4.69) is 4.98 Å². The maximum atomic E-state index is 10.9. The van der Waals surface area contributed by atoms with Crippen LogP contribution in [-0.2, 0) is 0 Å². The summed E-state index contributed by atoms with van der Waals surface area (Å²) in [6.45, 7) is 3.82. The van der Waals surface area contributed by atoms with Crippen molar-refractivity contribution in [2.24, 2.45) is 0 Å².